The van der Waals surface area contributed by atoms with Crippen molar-refractivity contribution in [3.05, 3.63) is 0 Å². The van der Waals surface area contributed by atoms with E-state index in [1.807, 2.05) is 0 Å². The molecule has 0 saturated heterocycles. The third kappa shape index (κ3) is 8.74. The lowest BCUT2D eigenvalue weighted by Crippen LogP contribution is -2.21. The number of nitrogens with one attached hydrogen (secondary N) is 1. The van der Waals surface area contributed by atoms with E-state index in [9.17, 15) is 0 Å². The molecule has 0 aliphatic heterocycles. The maximum absolute atomic E-state index is 4.73. The first-order valence-corrected chi connectivity index (χ1v) is 3.70. The van der Waals surface area contributed by atoms with Crippen LogP contribution in [0.15, 0.2) is 0 Å². The predicted molar refractivity (Wildman–Crippen MR) is 44.2 cm³/mol. The van der Waals surface area contributed by atoms with Gasteiger partial charge in [-0.05, 0) is 0 Å². The minimum atomic E-state index is 0.724. The third-order valence-corrected chi connectivity index (χ3v) is 1.26. The molecule has 2 atom stereocenters. The van der Waals surface area contributed by atoms with Gasteiger partial charge in [-0.2, -0.15) is 0 Å². The summed E-state index contributed by atoms with van der Waals surface area (Å²) in [7, 11) is 4.40. The van der Waals surface area contributed by atoms with Crippen LogP contribution in [0.5, 0.6) is 0 Å². The van der Waals surface area contributed by atoms with Crippen LogP contribution in [-0.2, 0) is 9.05 Å². The summed E-state index contributed by atoms with van der Waals surface area (Å²) >= 11 is 0. The predicted octanol–water partition coefficient (Wildman–Crippen LogP) is 0.189. The standard InChI is InChI=1S/C4H13NO2P2/c8-6-3-1-5-2-4-7-9/h5H,1-4,8-9H2. The second-order valence-electron chi connectivity index (χ2n) is 1.49. The highest BCUT2D eigenvalue weighted by molar-refractivity contribution is 7.10. The first-order chi connectivity index (χ1) is 4.41. The molecule has 0 aromatic heterocycles. The van der Waals surface area contributed by atoms with E-state index in [0.29, 0.717) is 0 Å². The number of rotatable bonds is 6. The summed E-state index contributed by atoms with van der Waals surface area (Å²) in [6, 6.07) is 0. The van der Waals surface area contributed by atoms with E-state index in [0.717, 1.165) is 26.3 Å². The Labute approximate surface area is 60.4 Å². The van der Waals surface area contributed by atoms with Crippen LogP contribution >= 0.6 is 18.9 Å². The summed E-state index contributed by atoms with van der Waals surface area (Å²) in [5.41, 5.74) is 0. The normalized spacial score (nSPS) is 10.0. The van der Waals surface area contributed by atoms with Crippen LogP contribution in [0, 0.1) is 0 Å². The molecule has 1 N–H and O–H groups in total. The van der Waals surface area contributed by atoms with Crippen molar-refractivity contribution in [2.75, 3.05) is 26.3 Å². The van der Waals surface area contributed by atoms with Crippen LogP contribution in [0.2, 0.25) is 0 Å². The van der Waals surface area contributed by atoms with Crippen molar-refractivity contribution >= 4 is 18.9 Å². The van der Waals surface area contributed by atoms with Gasteiger partial charge in [0.1, 0.15) is 0 Å². The number of hydrogen-bond acceptors (Lipinski definition) is 3. The van der Waals surface area contributed by atoms with Crippen molar-refractivity contribution in [3.8, 4) is 0 Å². The average molecular weight is 169 g/mol. The van der Waals surface area contributed by atoms with Crippen LogP contribution in [0.3, 0.4) is 0 Å². The molecule has 5 heteroatoms. The topological polar surface area (TPSA) is 30.5 Å². The van der Waals surface area contributed by atoms with Gasteiger partial charge in [-0.25, -0.2) is 0 Å². The molecule has 0 aromatic rings. The van der Waals surface area contributed by atoms with Gasteiger partial charge in [0.05, 0.1) is 13.2 Å². The van der Waals surface area contributed by atoms with Gasteiger partial charge in [0.25, 0.3) is 0 Å². The van der Waals surface area contributed by atoms with Crippen LogP contribution in [0.25, 0.3) is 0 Å². The van der Waals surface area contributed by atoms with E-state index < -0.39 is 0 Å². The molecule has 2 unspecified atom stereocenters. The van der Waals surface area contributed by atoms with E-state index in [1.165, 1.54) is 0 Å². The molecule has 0 saturated carbocycles. The smallest absolute Gasteiger partial charge is 0.0626 e. The van der Waals surface area contributed by atoms with Gasteiger partial charge < -0.3 is 14.4 Å². The number of hydrogen-bond donors (Lipinski definition) is 1. The van der Waals surface area contributed by atoms with Crippen molar-refractivity contribution < 1.29 is 9.05 Å². The second kappa shape index (κ2) is 8.74. The Hall–Kier alpha value is 0.740. The molecule has 0 aliphatic carbocycles. The van der Waals surface area contributed by atoms with Crippen molar-refractivity contribution in [1.82, 2.24) is 5.32 Å². The molecule has 0 bridgehead atoms. The summed E-state index contributed by atoms with van der Waals surface area (Å²) in [5, 5.41) is 3.11. The van der Waals surface area contributed by atoms with Crippen molar-refractivity contribution in [1.29, 1.82) is 0 Å². The van der Waals surface area contributed by atoms with E-state index in [1.54, 1.807) is 0 Å². The third-order valence-electron chi connectivity index (χ3n) is 0.793. The molecule has 56 valence electrons. The molecule has 0 spiro atoms. The molecular weight excluding hydrogens is 156 g/mol. The van der Waals surface area contributed by atoms with Crippen LogP contribution in [0.4, 0.5) is 0 Å². The summed E-state index contributed by atoms with van der Waals surface area (Å²) in [5.74, 6) is 0. The van der Waals surface area contributed by atoms with Gasteiger partial charge in [0.2, 0.25) is 0 Å². The Bertz CT molecular complexity index is 49.8. The SMILES string of the molecule is POCCNCCOP. The molecule has 9 heavy (non-hydrogen) atoms. The molecule has 0 heterocycles. The van der Waals surface area contributed by atoms with Gasteiger partial charge >= 0.3 is 0 Å². The molecule has 0 amide bonds. The highest BCUT2D eigenvalue weighted by Crippen LogP contribution is 1.82. The maximum Gasteiger partial charge on any atom is 0.0626 e. The molecule has 0 radical (unpaired) electrons. The summed E-state index contributed by atoms with van der Waals surface area (Å²) in [6.07, 6.45) is 0. The molecule has 0 aliphatic rings. The van der Waals surface area contributed by atoms with Crippen LogP contribution in [-0.4, -0.2) is 26.3 Å². The van der Waals surface area contributed by atoms with Crippen molar-refractivity contribution in [3.63, 3.8) is 0 Å². The lowest BCUT2D eigenvalue weighted by molar-refractivity contribution is 0.334. The second-order valence-corrected chi connectivity index (χ2v) is 2.16. The Balaban J connectivity index is 2.60. The zero-order valence-corrected chi connectivity index (χ0v) is 7.61. The highest BCUT2D eigenvalue weighted by atomic mass is 31.0. The Morgan fingerprint density at radius 2 is 1.44 bits per heavy atom. The first-order valence-electron chi connectivity index (χ1n) is 2.76. The molecule has 3 nitrogen and oxygen atoms in total. The fourth-order valence-electron chi connectivity index (χ4n) is 0.387. The quantitative estimate of drug-likeness (QED) is 0.454. The zero-order valence-electron chi connectivity index (χ0n) is 5.30. The summed E-state index contributed by atoms with van der Waals surface area (Å²) < 4.78 is 9.46. The van der Waals surface area contributed by atoms with E-state index >= 15 is 0 Å². The van der Waals surface area contributed by atoms with E-state index in [2.05, 4.69) is 24.3 Å². The lowest BCUT2D eigenvalue weighted by atomic mass is 10.6. The van der Waals surface area contributed by atoms with Gasteiger partial charge in [0.15, 0.2) is 0 Å². The molecule has 0 rings (SSSR count). The Morgan fingerprint density at radius 3 is 1.78 bits per heavy atom. The summed E-state index contributed by atoms with van der Waals surface area (Å²) in [4.78, 5) is 0. The maximum atomic E-state index is 4.73. The monoisotopic (exact) mass is 169 g/mol. The molecular formula is C4H13NO2P2. The van der Waals surface area contributed by atoms with E-state index in [-0.39, 0.29) is 0 Å². The van der Waals surface area contributed by atoms with Gasteiger partial charge in [0, 0.05) is 32.0 Å². The molecule has 0 fully saturated rings. The lowest BCUT2D eigenvalue weighted by Gasteiger charge is -2.00. The van der Waals surface area contributed by atoms with E-state index in [4.69, 9.17) is 9.05 Å². The van der Waals surface area contributed by atoms with Crippen molar-refractivity contribution in [2.45, 2.75) is 0 Å². The van der Waals surface area contributed by atoms with Gasteiger partial charge in [-0.1, -0.05) is 0 Å². The van der Waals surface area contributed by atoms with Crippen molar-refractivity contribution in [2.24, 2.45) is 0 Å². The minimum absolute atomic E-state index is 0.724. The first kappa shape index (κ1) is 9.74. The minimum Gasteiger partial charge on any atom is -0.364 e. The van der Waals surface area contributed by atoms with Crippen LogP contribution < -0.4 is 5.32 Å². The fourth-order valence-corrected chi connectivity index (χ4v) is 0.623. The zero-order chi connectivity index (χ0) is 6.95. The Kier molecular flexibility index (Phi) is 9.46. The average Bonchev–Trinajstić information content (AvgIpc) is 1.89. The van der Waals surface area contributed by atoms with Gasteiger partial charge in [-0.3, -0.25) is 0 Å². The largest absolute Gasteiger partial charge is 0.364 e. The molecule has 0 aromatic carbocycles. The van der Waals surface area contributed by atoms with Crippen LogP contribution in [0.1, 0.15) is 0 Å². The summed E-state index contributed by atoms with van der Waals surface area (Å²) in [6.45, 7) is 3.19. The van der Waals surface area contributed by atoms with Gasteiger partial charge in [-0.15, -0.1) is 0 Å². The fraction of sp³-hybridized carbons (Fsp3) is 1.00. The highest BCUT2D eigenvalue weighted by Gasteiger charge is 1.83. The Morgan fingerprint density at radius 1 is 1.00 bits per heavy atom.